The Bertz CT molecular complexity index is 1170. The summed E-state index contributed by atoms with van der Waals surface area (Å²) in [4.78, 5) is 27.9. The molecule has 0 aliphatic rings. The van der Waals surface area contributed by atoms with Gasteiger partial charge in [0.15, 0.2) is 4.34 Å². The average molecular weight is 421 g/mol. The van der Waals surface area contributed by atoms with Crippen LogP contribution in [0.25, 0.3) is 10.2 Å². The van der Waals surface area contributed by atoms with E-state index in [0.29, 0.717) is 11.3 Å². The SMILES string of the molecule is O=C(O)c1ccc(CSc2nc3ccc(NC(=O)c4ccccc4)cc3s2)cc1. The molecule has 1 amide bonds. The summed E-state index contributed by atoms with van der Waals surface area (Å²) >= 11 is 3.17. The Morgan fingerprint density at radius 3 is 2.45 bits per heavy atom. The molecule has 2 N–H and O–H groups in total. The lowest BCUT2D eigenvalue weighted by Crippen LogP contribution is -2.11. The third-order valence-electron chi connectivity index (χ3n) is 4.23. The fourth-order valence-electron chi connectivity index (χ4n) is 2.72. The van der Waals surface area contributed by atoms with E-state index in [4.69, 9.17) is 5.11 Å². The summed E-state index contributed by atoms with van der Waals surface area (Å²) < 4.78 is 1.92. The molecule has 0 saturated carbocycles. The first kappa shape index (κ1) is 19.2. The number of anilines is 1. The van der Waals surface area contributed by atoms with Gasteiger partial charge in [-0.05, 0) is 48.0 Å². The molecule has 0 unspecified atom stereocenters. The molecule has 4 rings (SSSR count). The van der Waals surface area contributed by atoms with Crippen molar-refractivity contribution in [1.82, 2.24) is 4.98 Å². The van der Waals surface area contributed by atoms with Crippen molar-refractivity contribution in [3.05, 3.63) is 89.5 Å². The second-order valence-electron chi connectivity index (χ2n) is 6.27. The van der Waals surface area contributed by atoms with E-state index < -0.39 is 5.97 Å². The Labute approximate surface area is 175 Å². The molecule has 0 fully saturated rings. The van der Waals surface area contributed by atoms with Crippen LogP contribution in [0, 0.1) is 0 Å². The van der Waals surface area contributed by atoms with Crippen molar-refractivity contribution in [1.29, 1.82) is 0 Å². The van der Waals surface area contributed by atoms with Gasteiger partial charge in [0.1, 0.15) is 0 Å². The highest BCUT2D eigenvalue weighted by Gasteiger charge is 2.09. The molecule has 144 valence electrons. The smallest absolute Gasteiger partial charge is 0.335 e. The van der Waals surface area contributed by atoms with Crippen LogP contribution in [0.5, 0.6) is 0 Å². The highest BCUT2D eigenvalue weighted by molar-refractivity contribution is 8.00. The second kappa shape index (κ2) is 8.46. The predicted octanol–water partition coefficient (Wildman–Crippen LogP) is 5.54. The molecule has 0 radical (unpaired) electrons. The molecule has 0 spiro atoms. The molecule has 1 heterocycles. The lowest BCUT2D eigenvalue weighted by atomic mass is 10.1. The van der Waals surface area contributed by atoms with Gasteiger partial charge < -0.3 is 10.4 Å². The maximum Gasteiger partial charge on any atom is 0.335 e. The lowest BCUT2D eigenvalue weighted by molar-refractivity contribution is 0.0696. The van der Waals surface area contributed by atoms with Crippen molar-refractivity contribution in [2.24, 2.45) is 0 Å². The number of aromatic nitrogens is 1. The molecule has 4 aromatic rings. The van der Waals surface area contributed by atoms with E-state index in [0.717, 1.165) is 25.8 Å². The van der Waals surface area contributed by atoms with Gasteiger partial charge in [0.05, 0.1) is 15.8 Å². The Hall–Kier alpha value is -3.16. The van der Waals surface area contributed by atoms with Crippen LogP contribution in [0.4, 0.5) is 5.69 Å². The van der Waals surface area contributed by atoms with Gasteiger partial charge >= 0.3 is 5.97 Å². The Balaban J connectivity index is 1.44. The number of nitrogens with zero attached hydrogens (tertiary/aromatic N) is 1. The van der Waals surface area contributed by atoms with Crippen LogP contribution in [-0.2, 0) is 5.75 Å². The fraction of sp³-hybridized carbons (Fsp3) is 0.0455. The summed E-state index contributed by atoms with van der Waals surface area (Å²) in [6.45, 7) is 0. The van der Waals surface area contributed by atoms with Gasteiger partial charge in [-0.2, -0.15) is 0 Å². The number of nitrogens with one attached hydrogen (secondary N) is 1. The topological polar surface area (TPSA) is 79.3 Å². The van der Waals surface area contributed by atoms with Crippen LogP contribution in [0.2, 0.25) is 0 Å². The van der Waals surface area contributed by atoms with Crippen molar-refractivity contribution < 1.29 is 14.7 Å². The largest absolute Gasteiger partial charge is 0.478 e. The number of benzene rings is 3. The molecule has 0 aliphatic heterocycles. The van der Waals surface area contributed by atoms with Crippen molar-refractivity contribution in [3.63, 3.8) is 0 Å². The zero-order valence-electron chi connectivity index (χ0n) is 15.2. The Kier molecular flexibility index (Phi) is 5.59. The third kappa shape index (κ3) is 4.64. The number of carboxylic acids is 1. The minimum atomic E-state index is -0.925. The number of rotatable bonds is 6. The monoisotopic (exact) mass is 420 g/mol. The molecule has 0 aliphatic carbocycles. The summed E-state index contributed by atoms with van der Waals surface area (Å²) in [7, 11) is 0. The molecule has 29 heavy (non-hydrogen) atoms. The summed E-state index contributed by atoms with van der Waals surface area (Å²) in [5, 5.41) is 11.9. The first-order valence-electron chi connectivity index (χ1n) is 8.80. The average Bonchev–Trinajstić information content (AvgIpc) is 3.15. The molecule has 7 heteroatoms. The molecular weight excluding hydrogens is 404 g/mol. The number of hydrogen-bond acceptors (Lipinski definition) is 5. The minimum absolute atomic E-state index is 0.145. The number of amides is 1. The van der Waals surface area contributed by atoms with Gasteiger partial charge in [-0.3, -0.25) is 4.79 Å². The van der Waals surface area contributed by atoms with E-state index in [1.165, 1.54) is 0 Å². The zero-order chi connectivity index (χ0) is 20.2. The van der Waals surface area contributed by atoms with Gasteiger partial charge in [0.25, 0.3) is 5.91 Å². The summed E-state index contributed by atoms with van der Waals surface area (Å²) in [6.07, 6.45) is 0. The van der Waals surface area contributed by atoms with E-state index in [1.54, 1.807) is 47.4 Å². The molecular formula is C22H16N2O3S2. The molecule has 1 aromatic heterocycles. The van der Waals surface area contributed by atoms with Crippen LogP contribution in [0.1, 0.15) is 26.3 Å². The summed E-state index contributed by atoms with van der Waals surface area (Å²) in [6, 6.07) is 21.6. The van der Waals surface area contributed by atoms with Crippen LogP contribution in [0.3, 0.4) is 0 Å². The van der Waals surface area contributed by atoms with E-state index in [9.17, 15) is 9.59 Å². The lowest BCUT2D eigenvalue weighted by Gasteiger charge is -2.04. The van der Waals surface area contributed by atoms with Crippen LogP contribution >= 0.6 is 23.1 Å². The molecule has 0 atom stereocenters. The van der Waals surface area contributed by atoms with Gasteiger partial charge in [0, 0.05) is 17.0 Å². The number of thioether (sulfide) groups is 1. The number of carbonyl (C=O) groups is 2. The normalized spacial score (nSPS) is 10.8. The Morgan fingerprint density at radius 1 is 0.966 bits per heavy atom. The van der Waals surface area contributed by atoms with Crippen molar-refractivity contribution in [2.75, 3.05) is 5.32 Å². The highest BCUT2D eigenvalue weighted by Crippen LogP contribution is 2.33. The van der Waals surface area contributed by atoms with Gasteiger partial charge in [0.2, 0.25) is 0 Å². The maximum absolute atomic E-state index is 12.3. The van der Waals surface area contributed by atoms with E-state index >= 15 is 0 Å². The zero-order valence-corrected chi connectivity index (χ0v) is 16.8. The number of thiazole rings is 1. The first-order valence-corrected chi connectivity index (χ1v) is 10.6. The van der Waals surface area contributed by atoms with E-state index in [1.807, 2.05) is 48.5 Å². The molecule has 0 bridgehead atoms. The van der Waals surface area contributed by atoms with Crippen LogP contribution in [-0.4, -0.2) is 22.0 Å². The van der Waals surface area contributed by atoms with E-state index in [-0.39, 0.29) is 11.5 Å². The van der Waals surface area contributed by atoms with Crippen molar-refractivity contribution >= 4 is 50.9 Å². The van der Waals surface area contributed by atoms with Gasteiger partial charge in [-0.1, -0.05) is 42.1 Å². The Morgan fingerprint density at radius 2 is 1.72 bits per heavy atom. The van der Waals surface area contributed by atoms with Crippen LogP contribution in [0.15, 0.2) is 77.1 Å². The van der Waals surface area contributed by atoms with E-state index in [2.05, 4.69) is 10.3 Å². The molecule has 3 aromatic carbocycles. The molecule has 0 saturated heterocycles. The predicted molar refractivity (Wildman–Crippen MR) is 117 cm³/mol. The van der Waals surface area contributed by atoms with Gasteiger partial charge in [-0.15, -0.1) is 11.3 Å². The number of aromatic carboxylic acids is 1. The van der Waals surface area contributed by atoms with Crippen molar-refractivity contribution in [2.45, 2.75) is 10.1 Å². The minimum Gasteiger partial charge on any atom is -0.478 e. The highest BCUT2D eigenvalue weighted by atomic mass is 32.2. The number of carbonyl (C=O) groups excluding carboxylic acids is 1. The first-order chi connectivity index (χ1) is 14.1. The maximum atomic E-state index is 12.3. The third-order valence-corrected chi connectivity index (χ3v) is 6.46. The fourth-order valence-corrected chi connectivity index (χ4v) is 4.79. The number of carboxylic acid groups (broad SMARTS) is 1. The van der Waals surface area contributed by atoms with Gasteiger partial charge in [-0.25, -0.2) is 9.78 Å². The standard InChI is InChI=1S/C22H16N2O3S2/c25-20(15-4-2-1-3-5-15)23-17-10-11-18-19(12-17)29-22(24-18)28-13-14-6-8-16(9-7-14)21(26)27/h1-12H,13H2,(H,23,25)(H,26,27). The van der Waals surface area contributed by atoms with Crippen LogP contribution < -0.4 is 5.32 Å². The second-order valence-corrected chi connectivity index (χ2v) is 8.53. The summed E-state index contributed by atoms with van der Waals surface area (Å²) in [5.41, 5.74) is 3.55. The summed E-state index contributed by atoms with van der Waals surface area (Å²) in [5.74, 6) is -0.364. The molecule has 5 nitrogen and oxygen atoms in total. The number of fused-ring (bicyclic) bond motifs is 1. The van der Waals surface area contributed by atoms with Crippen molar-refractivity contribution in [3.8, 4) is 0 Å². The quantitative estimate of drug-likeness (QED) is 0.401. The number of hydrogen-bond donors (Lipinski definition) is 2.